The van der Waals surface area contributed by atoms with Crippen LogP contribution in [0.5, 0.6) is 5.75 Å². The Labute approximate surface area is 161 Å². The highest BCUT2D eigenvalue weighted by Crippen LogP contribution is 2.32. The lowest BCUT2D eigenvalue weighted by Crippen LogP contribution is -2.03. The van der Waals surface area contributed by atoms with Crippen molar-refractivity contribution in [2.45, 2.75) is 13.5 Å². The maximum atomic E-state index is 12.0. The van der Waals surface area contributed by atoms with E-state index in [1.807, 2.05) is 60.7 Å². The molecule has 1 heterocycles. The monoisotopic (exact) mass is 377 g/mol. The van der Waals surface area contributed by atoms with Crippen molar-refractivity contribution in [3.63, 3.8) is 0 Å². The van der Waals surface area contributed by atoms with Gasteiger partial charge >= 0.3 is 5.97 Å². The van der Waals surface area contributed by atoms with E-state index in [4.69, 9.17) is 21.2 Å². The highest BCUT2D eigenvalue weighted by molar-refractivity contribution is 6.30. The zero-order valence-electron chi connectivity index (χ0n) is 14.6. The number of halogens is 1. The van der Waals surface area contributed by atoms with Crippen LogP contribution in [0.25, 0.3) is 16.8 Å². The number of oxime groups is 1. The second-order valence-corrected chi connectivity index (χ2v) is 6.66. The van der Waals surface area contributed by atoms with Crippen molar-refractivity contribution in [2.75, 3.05) is 0 Å². The molecule has 5 heteroatoms. The summed E-state index contributed by atoms with van der Waals surface area (Å²) in [5.74, 6) is 0.229. The number of hydrogen-bond donors (Lipinski definition) is 0. The van der Waals surface area contributed by atoms with Crippen LogP contribution in [0.3, 0.4) is 0 Å². The van der Waals surface area contributed by atoms with Gasteiger partial charge in [0.05, 0.1) is 11.3 Å². The number of benzene rings is 3. The Bertz CT molecular complexity index is 1080. The average molecular weight is 378 g/mol. The number of carbonyl (C=O) groups is 1. The highest BCUT2D eigenvalue weighted by Gasteiger charge is 2.23. The van der Waals surface area contributed by atoms with Gasteiger partial charge in [-0.1, -0.05) is 59.2 Å². The van der Waals surface area contributed by atoms with Gasteiger partial charge in [0, 0.05) is 10.6 Å². The number of ether oxygens (including phenoxy) is 1. The quantitative estimate of drug-likeness (QED) is 0.452. The summed E-state index contributed by atoms with van der Waals surface area (Å²) in [5, 5.41) is 6.49. The second-order valence-electron chi connectivity index (χ2n) is 6.23. The lowest BCUT2D eigenvalue weighted by atomic mass is 10.00. The summed E-state index contributed by atoms with van der Waals surface area (Å²) in [6.45, 7) is 2.14. The smallest absolute Gasteiger partial charge is 0.367 e. The third kappa shape index (κ3) is 3.57. The molecule has 0 radical (unpaired) electrons. The number of nitrogens with zero attached hydrogens (tertiary/aromatic N) is 1. The van der Waals surface area contributed by atoms with E-state index < -0.39 is 5.97 Å². The topological polar surface area (TPSA) is 47.9 Å². The molecular weight excluding hydrogens is 362 g/mol. The third-order valence-corrected chi connectivity index (χ3v) is 4.65. The van der Waals surface area contributed by atoms with Crippen molar-refractivity contribution < 1.29 is 14.4 Å². The van der Waals surface area contributed by atoms with Crippen molar-refractivity contribution in [3.8, 4) is 5.75 Å². The van der Waals surface area contributed by atoms with Gasteiger partial charge in [-0.25, -0.2) is 4.79 Å². The van der Waals surface area contributed by atoms with E-state index >= 15 is 0 Å². The standard InChI is InChI=1S/C22H16ClNO3/c1-14-19(22(25)27-24-14)12-20-18-5-3-2-4-16(18)8-11-21(20)26-13-15-6-9-17(23)10-7-15/h2-12H,13H2,1H3/b19-12+. The fourth-order valence-electron chi connectivity index (χ4n) is 2.96. The fraction of sp³-hybridized carbons (Fsp3) is 0.0909. The van der Waals surface area contributed by atoms with Gasteiger partial charge in [0.1, 0.15) is 12.4 Å². The van der Waals surface area contributed by atoms with E-state index in [1.54, 1.807) is 13.0 Å². The Morgan fingerprint density at radius 3 is 2.59 bits per heavy atom. The molecule has 1 aliphatic rings. The molecule has 3 aromatic carbocycles. The Kier molecular flexibility index (Phi) is 4.65. The summed E-state index contributed by atoms with van der Waals surface area (Å²) in [6.07, 6.45) is 1.79. The summed E-state index contributed by atoms with van der Waals surface area (Å²) >= 11 is 5.94. The number of fused-ring (bicyclic) bond motifs is 1. The summed E-state index contributed by atoms with van der Waals surface area (Å²) in [7, 11) is 0. The molecule has 0 aliphatic carbocycles. The van der Waals surface area contributed by atoms with Gasteiger partial charge < -0.3 is 9.57 Å². The molecule has 4 rings (SSSR count). The summed E-state index contributed by atoms with van der Waals surface area (Å²) in [4.78, 5) is 16.8. The Balaban J connectivity index is 1.76. The van der Waals surface area contributed by atoms with Gasteiger partial charge in [0.15, 0.2) is 0 Å². The zero-order valence-corrected chi connectivity index (χ0v) is 15.4. The molecule has 0 aromatic heterocycles. The maximum Gasteiger partial charge on any atom is 0.367 e. The van der Waals surface area contributed by atoms with Crippen molar-refractivity contribution in [1.82, 2.24) is 0 Å². The molecule has 0 fully saturated rings. The Morgan fingerprint density at radius 1 is 1.07 bits per heavy atom. The summed E-state index contributed by atoms with van der Waals surface area (Å²) in [5.41, 5.74) is 2.81. The molecule has 0 saturated carbocycles. The minimum absolute atomic E-state index is 0.392. The van der Waals surface area contributed by atoms with Crippen LogP contribution in [0, 0.1) is 0 Å². The van der Waals surface area contributed by atoms with Crippen LogP contribution >= 0.6 is 11.6 Å². The van der Waals surface area contributed by atoms with Gasteiger partial charge in [-0.15, -0.1) is 0 Å². The first-order valence-corrected chi connectivity index (χ1v) is 8.86. The molecule has 134 valence electrons. The van der Waals surface area contributed by atoms with Crippen LogP contribution in [-0.2, 0) is 16.2 Å². The molecular formula is C22H16ClNO3. The van der Waals surface area contributed by atoms with E-state index in [-0.39, 0.29) is 0 Å². The van der Waals surface area contributed by atoms with Crippen molar-refractivity contribution in [1.29, 1.82) is 0 Å². The molecule has 0 N–H and O–H groups in total. The van der Waals surface area contributed by atoms with Gasteiger partial charge in [-0.05, 0) is 47.5 Å². The van der Waals surface area contributed by atoms with Gasteiger partial charge in [0.2, 0.25) is 0 Å². The molecule has 0 bridgehead atoms. The van der Waals surface area contributed by atoms with Crippen LogP contribution in [-0.4, -0.2) is 11.7 Å². The molecule has 0 amide bonds. The van der Waals surface area contributed by atoms with E-state index in [1.165, 1.54) is 0 Å². The molecule has 0 saturated heterocycles. The van der Waals surface area contributed by atoms with Crippen molar-refractivity contribution in [3.05, 3.63) is 82.4 Å². The van der Waals surface area contributed by atoms with Crippen LogP contribution in [0.2, 0.25) is 5.02 Å². The van der Waals surface area contributed by atoms with Crippen LogP contribution < -0.4 is 4.74 Å². The first kappa shape index (κ1) is 17.3. The molecule has 3 aromatic rings. The minimum atomic E-state index is -0.455. The molecule has 0 spiro atoms. The van der Waals surface area contributed by atoms with E-state index in [0.717, 1.165) is 21.9 Å². The summed E-state index contributed by atoms with van der Waals surface area (Å²) < 4.78 is 6.07. The van der Waals surface area contributed by atoms with E-state index in [0.29, 0.717) is 28.7 Å². The van der Waals surface area contributed by atoms with Crippen LogP contribution in [0.15, 0.2) is 71.4 Å². The minimum Gasteiger partial charge on any atom is -0.488 e. The highest BCUT2D eigenvalue weighted by atomic mass is 35.5. The molecule has 27 heavy (non-hydrogen) atoms. The lowest BCUT2D eigenvalue weighted by molar-refractivity contribution is -0.136. The van der Waals surface area contributed by atoms with Gasteiger partial charge in [-0.3, -0.25) is 0 Å². The van der Waals surface area contributed by atoms with Crippen molar-refractivity contribution >= 4 is 40.1 Å². The Hall–Kier alpha value is -3.11. The third-order valence-electron chi connectivity index (χ3n) is 4.40. The molecule has 0 unspecified atom stereocenters. The zero-order chi connectivity index (χ0) is 18.8. The summed E-state index contributed by atoms with van der Waals surface area (Å²) in [6, 6.07) is 19.4. The fourth-order valence-corrected chi connectivity index (χ4v) is 3.08. The number of hydrogen-bond acceptors (Lipinski definition) is 4. The normalized spacial score (nSPS) is 15.1. The predicted molar refractivity (Wildman–Crippen MR) is 107 cm³/mol. The molecule has 0 atom stereocenters. The van der Waals surface area contributed by atoms with Crippen LogP contribution in [0.4, 0.5) is 0 Å². The number of carbonyl (C=O) groups excluding carboxylic acids is 1. The predicted octanol–water partition coefficient (Wildman–Crippen LogP) is 5.39. The first-order chi connectivity index (χ1) is 13.1. The average Bonchev–Trinajstić information content (AvgIpc) is 3.00. The van der Waals surface area contributed by atoms with E-state index in [2.05, 4.69) is 5.16 Å². The van der Waals surface area contributed by atoms with E-state index in [9.17, 15) is 4.79 Å². The molecule has 1 aliphatic heterocycles. The Morgan fingerprint density at radius 2 is 1.85 bits per heavy atom. The molecule has 4 nitrogen and oxygen atoms in total. The van der Waals surface area contributed by atoms with Crippen LogP contribution in [0.1, 0.15) is 18.1 Å². The number of rotatable bonds is 4. The first-order valence-electron chi connectivity index (χ1n) is 8.49. The lowest BCUT2D eigenvalue weighted by Gasteiger charge is -2.13. The SMILES string of the molecule is CC1=NOC(=O)/C1=C/c1c(OCc2ccc(Cl)cc2)ccc2ccccc12. The van der Waals surface area contributed by atoms with Gasteiger partial charge in [-0.2, -0.15) is 0 Å². The second kappa shape index (κ2) is 7.25. The largest absolute Gasteiger partial charge is 0.488 e. The van der Waals surface area contributed by atoms with Crippen molar-refractivity contribution in [2.24, 2.45) is 5.16 Å². The van der Waals surface area contributed by atoms with Gasteiger partial charge in [0.25, 0.3) is 0 Å². The maximum absolute atomic E-state index is 12.0.